The fraction of sp³-hybridized carbons (Fsp3) is 0.833. The van der Waals surface area contributed by atoms with Crippen molar-refractivity contribution < 1.29 is 0 Å². The van der Waals surface area contributed by atoms with Crippen LogP contribution in [0.3, 0.4) is 0 Å². The van der Waals surface area contributed by atoms with E-state index in [-0.39, 0.29) is 0 Å². The molecule has 1 nitrogen and oxygen atoms in total. The lowest BCUT2D eigenvalue weighted by molar-refractivity contribution is 0.269. The molecule has 78 valence electrons. The maximum absolute atomic E-state index is 3.74. The van der Waals surface area contributed by atoms with Gasteiger partial charge in [0.05, 0.1) is 0 Å². The molecule has 0 aliphatic heterocycles. The van der Waals surface area contributed by atoms with Crippen LogP contribution in [0.2, 0.25) is 0 Å². The van der Waals surface area contributed by atoms with Crippen LogP contribution in [0, 0.1) is 0 Å². The van der Waals surface area contributed by atoms with E-state index in [1.54, 1.807) is 0 Å². The van der Waals surface area contributed by atoms with E-state index in [1.807, 2.05) is 6.08 Å². The van der Waals surface area contributed by atoms with Crippen LogP contribution in [0.5, 0.6) is 0 Å². The number of hydrogen-bond acceptors (Lipinski definition) is 1. The standard InChI is InChI=1S/C12H25N/c1-4-7-8-9-12-13(10-5-2)11-6-3/h4H,1,5-12H2,2-3H3. The van der Waals surface area contributed by atoms with Gasteiger partial charge in [0.2, 0.25) is 0 Å². The van der Waals surface area contributed by atoms with Gasteiger partial charge in [-0.25, -0.2) is 0 Å². The van der Waals surface area contributed by atoms with Gasteiger partial charge in [0.25, 0.3) is 0 Å². The van der Waals surface area contributed by atoms with Gasteiger partial charge in [-0.15, -0.1) is 6.58 Å². The van der Waals surface area contributed by atoms with Crippen molar-refractivity contribution in [1.82, 2.24) is 4.90 Å². The molecule has 0 saturated heterocycles. The number of nitrogens with zero attached hydrogens (tertiary/aromatic N) is 1. The van der Waals surface area contributed by atoms with Crippen LogP contribution in [-0.2, 0) is 0 Å². The zero-order chi connectivity index (χ0) is 9.94. The highest BCUT2D eigenvalue weighted by Crippen LogP contribution is 2.01. The van der Waals surface area contributed by atoms with Gasteiger partial charge in [-0.05, 0) is 51.7 Å². The Morgan fingerprint density at radius 3 is 2.08 bits per heavy atom. The fourth-order valence-corrected chi connectivity index (χ4v) is 1.59. The molecule has 13 heavy (non-hydrogen) atoms. The average Bonchev–Trinajstić information content (AvgIpc) is 2.13. The first-order valence-corrected chi connectivity index (χ1v) is 5.68. The second kappa shape index (κ2) is 9.79. The topological polar surface area (TPSA) is 3.24 Å². The summed E-state index contributed by atoms with van der Waals surface area (Å²) in [5, 5.41) is 0. The maximum Gasteiger partial charge on any atom is -0.00186 e. The maximum atomic E-state index is 3.74. The van der Waals surface area contributed by atoms with Crippen molar-refractivity contribution in [2.45, 2.75) is 46.0 Å². The predicted molar refractivity (Wildman–Crippen MR) is 61.1 cm³/mol. The van der Waals surface area contributed by atoms with Crippen molar-refractivity contribution in [2.75, 3.05) is 19.6 Å². The van der Waals surface area contributed by atoms with Gasteiger partial charge in [-0.1, -0.05) is 19.9 Å². The SMILES string of the molecule is C=CCCCCN(CCC)CCC. The van der Waals surface area contributed by atoms with E-state index in [9.17, 15) is 0 Å². The third-order valence-electron chi connectivity index (χ3n) is 2.21. The molecule has 0 aromatic heterocycles. The van der Waals surface area contributed by atoms with Gasteiger partial charge >= 0.3 is 0 Å². The molecule has 0 heterocycles. The average molecular weight is 183 g/mol. The zero-order valence-electron chi connectivity index (χ0n) is 9.39. The molecule has 0 spiro atoms. The first kappa shape index (κ1) is 12.7. The Labute approximate surface area is 83.8 Å². The van der Waals surface area contributed by atoms with Crippen molar-refractivity contribution in [3.63, 3.8) is 0 Å². The predicted octanol–water partition coefficient (Wildman–Crippen LogP) is 3.46. The van der Waals surface area contributed by atoms with E-state index in [1.165, 1.54) is 51.7 Å². The summed E-state index contributed by atoms with van der Waals surface area (Å²) in [5.74, 6) is 0. The van der Waals surface area contributed by atoms with Gasteiger partial charge in [-0.2, -0.15) is 0 Å². The Morgan fingerprint density at radius 2 is 1.62 bits per heavy atom. The molecule has 0 aliphatic rings. The lowest BCUT2D eigenvalue weighted by atomic mass is 10.2. The molecule has 0 bridgehead atoms. The molecule has 0 aromatic carbocycles. The number of allylic oxidation sites excluding steroid dienone is 1. The Hall–Kier alpha value is -0.300. The van der Waals surface area contributed by atoms with E-state index in [0.717, 1.165) is 0 Å². The molecule has 0 radical (unpaired) electrons. The highest BCUT2D eigenvalue weighted by Gasteiger charge is 2.00. The van der Waals surface area contributed by atoms with Crippen LogP contribution in [-0.4, -0.2) is 24.5 Å². The second-order valence-electron chi connectivity index (χ2n) is 3.63. The largest absolute Gasteiger partial charge is 0.303 e. The minimum atomic E-state index is 1.17. The van der Waals surface area contributed by atoms with Crippen LogP contribution in [0.4, 0.5) is 0 Å². The molecule has 0 aromatic rings. The van der Waals surface area contributed by atoms with Gasteiger partial charge in [0.15, 0.2) is 0 Å². The van der Waals surface area contributed by atoms with Crippen LogP contribution in [0.1, 0.15) is 46.0 Å². The first-order chi connectivity index (χ1) is 6.35. The van der Waals surface area contributed by atoms with E-state index in [4.69, 9.17) is 0 Å². The molecule has 0 rings (SSSR count). The van der Waals surface area contributed by atoms with Crippen LogP contribution in [0.25, 0.3) is 0 Å². The van der Waals surface area contributed by atoms with Crippen LogP contribution < -0.4 is 0 Å². The Morgan fingerprint density at radius 1 is 1.00 bits per heavy atom. The molecule has 0 N–H and O–H groups in total. The van der Waals surface area contributed by atoms with E-state index in [2.05, 4.69) is 25.3 Å². The quantitative estimate of drug-likeness (QED) is 0.391. The normalized spacial score (nSPS) is 10.7. The van der Waals surface area contributed by atoms with Gasteiger partial charge < -0.3 is 4.90 Å². The Bertz CT molecular complexity index is 104. The van der Waals surface area contributed by atoms with E-state index < -0.39 is 0 Å². The van der Waals surface area contributed by atoms with Gasteiger partial charge in [0.1, 0.15) is 0 Å². The Kier molecular flexibility index (Phi) is 9.56. The molecule has 0 amide bonds. The van der Waals surface area contributed by atoms with E-state index in [0.29, 0.717) is 0 Å². The summed E-state index contributed by atoms with van der Waals surface area (Å²) in [7, 11) is 0. The third kappa shape index (κ3) is 8.04. The third-order valence-corrected chi connectivity index (χ3v) is 2.21. The van der Waals surface area contributed by atoms with Crippen molar-refractivity contribution >= 4 is 0 Å². The van der Waals surface area contributed by atoms with E-state index >= 15 is 0 Å². The summed E-state index contributed by atoms with van der Waals surface area (Å²) >= 11 is 0. The van der Waals surface area contributed by atoms with Crippen molar-refractivity contribution in [1.29, 1.82) is 0 Å². The minimum Gasteiger partial charge on any atom is -0.303 e. The van der Waals surface area contributed by atoms with Crippen LogP contribution >= 0.6 is 0 Å². The first-order valence-electron chi connectivity index (χ1n) is 5.68. The number of rotatable bonds is 9. The molecule has 0 atom stereocenters. The van der Waals surface area contributed by atoms with Crippen molar-refractivity contribution in [2.24, 2.45) is 0 Å². The molecule has 1 heteroatoms. The summed E-state index contributed by atoms with van der Waals surface area (Å²) in [6, 6.07) is 0. The molecular formula is C12H25N. The molecule has 0 aliphatic carbocycles. The lowest BCUT2D eigenvalue weighted by Crippen LogP contribution is -2.26. The molecule has 0 unspecified atom stereocenters. The summed E-state index contributed by atoms with van der Waals surface area (Å²) < 4.78 is 0. The van der Waals surface area contributed by atoms with Crippen molar-refractivity contribution in [3.8, 4) is 0 Å². The van der Waals surface area contributed by atoms with Gasteiger partial charge in [-0.3, -0.25) is 0 Å². The van der Waals surface area contributed by atoms with Crippen LogP contribution in [0.15, 0.2) is 12.7 Å². The molecule has 0 saturated carbocycles. The number of unbranched alkanes of at least 4 members (excludes halogenated alkanes) is 2. The summed E-state index contributed by atoms with van der Waals surface area (Å²) in [4.78, 5) is 2.57. The molecule has 0 fully saturated rings. The fourth-order valence-electron chi connectivity index (χ4n) is 1.59. The zero-order valence-corrected chi connectivity index (χ0v) is 9.39. The molecular weight excluding hydrogens is 158 g/mol. The smallest absolute Gasteiger partial charge is 0.00186 e. The van der Waals surface area contributed by atoms with Crippen molar-refractivity contribution in [3.05, 3.63) is 12.7 Å². The second-order valence-corrected chi connectivity index (χ2v) is 3.63. The highest BCUT2D eigenvalue weighted by atomic mass is 15.1. The summed E-state index contributed by atoms with van der Waals surface area (Å²) in [6.45, 7) is 12.1. The minimum absolute atomic E-state index is 1.17. The highest BCUT2D eigenvalue weighted by molar-refractivity contribution is 4.66. The van der Waals surface area contributed by atoms with Gasteiger partial charge in [0, 0.05) is 0 Å². The number of hydrogen-bond donors (Lipinski definition) is 0. The summed E-state index contributed by atoms with van der Waals surface area (Å²) in [5.41, 5.74) is 0. The lowest BCUT2D eigenvalue weighted by Gasteiger charge is -2.20. The summed E-state index contributed by atoms with van der Waals surface area (Å²) in [6.07, 6.45) is 8.37. The monoisotopic (exact) mass is 183 g/mol. The Balaban J connectivity index is 3.37.